The van der Waals surface area contributed by atoms with Gasteiger partial charge in [0.05, 0.1) is 12.5 Å². The van der Waals surface area contributed by atoms with Gasteiger partial charge < -0.3 is 19.1 Å². The van der Waals surface area contributed by atoms with Crippen molar-refractivity contribution < 1.29 is 19.0 Å². The van der Waals surface area contributed by atoms with Crippen LogP contribution < -0.4 is 9.47 Å². The third-order valence-corrected chi connectivity index (χ3v) is 5.02. The highest BCUT2D eigenvalue weighted by atomic mass is 16.7. The van der Waals surface area contributed by atoms with Crippen LogP contribution in [0.25, 0.3) is 0 Å². The molecule has 1 atom stereocenters. The van der Waals surface area contributed by atoms with E-state index < -0.39 is 0 Å². The number of carbonyl (C=O) groups excluding carboxylic acids is 1. The van der Waals surface area contributed by atoms with Crippen LogP contribution in [0, 0.1) is 5.92 Å². The first kappa shape index (κ1) is 15.7. The van der Waals surface area contributed by atoms with Crippen molar-refractivity contribution in [3.05, 3.63) is 23.8 Å². The Labute approximate surface area is 142 Å². The van der Waals surface area contributed by atoms with E-state index in [2.05, 4.69) is 17.0 Å². The summed E-state index contributed by atoms with van der Waals surface area (Å²) in [5, 5.41) is 0. The molecule has 1 amide bonds. The monoisotopic (exact) mass is 332 g/mol. The van der Waals surface area contributed by atoms with Gasteiger partial charge in [0.1, 0.15) is 0 Å². The van der Waals surface area contributed by atoms with Crippen molar-refractivity contribution in [2.75, 3.05) is 46.2 Å². The van der Waals surface area contributed by atoms with E-state index in [1.165, 1.54) is 5.56 Å². The number of amides is 1. The van der Waals surface area contributed by atoms with Crippen LogP contribution in [0.15, 0.2) is 18.2 Å². The van der Waals surface area contributed by atoms with Gasteiger partial charge in [0.2, 0.25) is 12.7 Å². The van der Waals surface area contributed by atoms with Crippen LogP contribution in [0.4, 0.5) is 0 Å². The van der Waals surface area contributed by atoms with Gasteiger partial charge in [0.15, 0.2) is 11.5 Å². The molecule has 1 aromatic carbocycles. The van der Waals surface area contributed by atoms with Gasteiger partial charge in [-0.05, 0) is 30.5 Å². The number of fused-ring (bicyclic) bond motifs is 1. The van der Waals surface area contributed by atoms with Crippen molar-refractivity contribution in [2.45, 2.75) is 19.4 Å². The van der Waals surface area contributed by atoms with E-state index in [0.717, 1.165) is 63.7 Å². The van der Waals surface area contributed by atoms with Crippen molar-refractivity contribution in [3.63, 3.8) is 0 Å². The van der Waals surface area contributed by atoms with Gasteiger partial charge >= 0.3 is 0 Å². The van der Waals surface area contributed by atoms with E-state index in [-0.39, 0.29) is 11.8 Å². The lowest BCUT2D eigenvalue weighted by Gasteiger charge is -2.24. The van der Waals surface area contributed by atoms with Crippen LogP contribution in [0.1, 0.15) is 18.4 Å². The fourth-order valence-electron chi connectivity index (χ4n) is 3.63. The molecule has 4 rings (SSSR count). The Morgan fingerprint density at radius 1 is 1.12 bits per heavy atom. The van der Waals surface area contributed by atoms with Gasteiger partial charge in [0, 0.05) is 39.3 Å². The molecule has 0 aromatic heterocycles. The summed E-state index contributed by atoms with van der Waals surface area (Å²) in [6, 6.07) is 6.13. The summed E-state index contributed by atoms with van der Waals surface area (Å²) in [5.41, 5.74) is 1.23. The SMILES string of the molecule is O=C(C1CCOC1)N1CCCN(Cc2ccc3c(c2)OCO3)CC1. The van der Waals surface area contributed by atoms with Crippen molar-refractivity contribution >= 4 is 5.91 Å². The van der Waals surface area contributed by atoms with Gasteiger partial charge in [-0.2, -0.15) is 0 Å². The molecule has 24 heavy (non-hydrogen) atoms. The van der Waals surface area contributed by atoms with E-state index in [9.17, 15) is 4.79 Å². The molecule has 0 aliphatic carbocycles. The van der Waals surface area contributed by atoms with Gasteiger partial charge in [-0.25, -0.2) is 0 Å². The average molecular weight is 332 g/mol. The highest BCUT2D eigenvalue weighted by Crippen LogP contribution is 2.32. The fraction of sp³-hybridized carbons (Fsp3) is 0.611. The number of hydrogen-bond acceptors (Lipinski definition) is 5. The molecular weight excluding hydrogens is 308 g/mol. The Hall–Kier alpha value is -1.79. The lowest BCUT2D eigenvalue weighted by Crippen LogP contribution is -2.39. The molecule has 0 radical (unpaired) electrons. The highest BCUT2D eigenvalue weighted by molar-refractivity contribution is 5.79. The van der Waals surface area contributed by atoms with E-state index in [1.54, 1.807) is 0 Å². The third kappa shape index (κ3) is 3.35. The third-order valence-electron chi connectivity index (χ3n) is 5.02. The number of benzene rings is 1. The van der Waals surface area contributed by atoms with Gasteiger partial charge in [-0.1, -0.05) is 6.07 Å². The number of nitrogens with zero attached hydrogens (tertiary/aromatic N) is 2. The molecule has 1 unspecified atom stereocenters. The van der Waals surface area contributed by atoms with E-state index in [4.69, 9.17) is 14.2 Å². The van der Waals surface area contributed by atoms with Crippen LogP contribution in [0.3, 0.4) is 0 Å². The maximum absolute atomic E-state index is 12.5. The van der Waals surface area contributed by atoms with E-state index >= 15 is 0 Å². The first-order chi connectivity index (χ1) is 11.8. The molecule has 2 saturated heterocycles. The Balaban J connectivity index is 1.34. The first-order valence-electron chi connectivity index (χ1n) is 8.77. The van der Waals surface area contributed by atoms with Crippen LogP contribution in [0.5, 0.6) is 11.5 Å². The van der Waals surface area contributed by atoms with Crippen LogP contribution >= 0.6 is 0 Å². The lowest BCUT2D eigenvalue weighted by atomic mass is 10.1. The number of hydrogen-bond donors (Lipinski definition) is 0. The van der Waals surface area contributed by atoms with Crippen molar-refractivity contribution in [2.24, 2.45) is 5.92 Å². The standard InChI is InChI=1S/C18H24N2O4/c21-18(15-4-9-22-12-15)20-6-1-5-19(7-8-20)11-14-2-3-16-17(10-14)24-13-23-16/h2-3,10,15H,1,4-9,11-13H2. The highest BCUT2D eigenvalue weighted by Gasteiger charge is 2.29. The smallest absolute Gasteiger partial charge is 0.231 e. The minimum Gasteiger partial charge on any atom is -0.454 e. The molecule has 1 aromatic rings. The molecule has 2 fully saturated rings. The van der Waals surface area contributed by atoms with Crippen molar-refractivity contribution in [1.29, 1.82) is 0 Å². The maximum Gasteiger partial charge on any atom is 0.231 e. The van der Waals surface area contributed by atoms with Crippen LogP contribution in [-0.2, 0) is 16.1 Å². The van der Waals surface area contributed by atoms with Gasteiger partial charge in [-0.3, -0.25) is 9.69 Å². The fourth-order valence-corrected chi connectivity index (χ4v) is 3.63. The lowest BCUT2D eigenvalue weighted by molar-refractivity contribution is -0.135. The largest absolute Gasteiger partial charge is 0.454 e. The number of rotatable bonds is 3. The summed E-state index contributed by atoms with van der Waals surface area (Å²) in [5.74, 6) is 2.01. The predicted molar refractivity (Wildman–Crippen MR) is 88.0 cm³/mol. The number of ether oxygens (including phenoxy) is 3. The van der Waals surface area contributed by atoms with E-state index in [0.29, 0.717) is 13.4 Å². The molecule has 0 spiro atoms. The number of carbonyl (C=O) groups is 1. The first-order valence-corrected chi connectivity index (χ1v) is 8.77. The summed E-state index contributed by atoms with van der Waals surface area (Å²) in [6.07, 6.45) is 1.89. The minimum atomic E-state index is 0.0745. The molecule has 0 saturated carbocycles. The molecule has 6 heteroatoms. The molecule has 3 aliphatic rings. The summed E-state index contributed by atoms with van der Waals surface area (Å²) < 4.78 is 16.2. The molecule has 130 valence electrons. The second kappa shape index (κ2) is 6.99. The Morgan fingerprint density at radius 3 is 2.92 bits per heavy atom. The zero-order valence-corrected chi connectivity index (χ0v) is 13.9. The summed E-state index contributed by atoms with van der Waals surface area (Å²) in [4.78, 5) is 17.0. The maximum atomic E-state index is 12.5. The molecule has 0 N–H and O–H groups in total. The normalized spacial score (nSPS) is 24.2. The van der Waals surface area contributed by atoms with Crippen molar-refractivity contribution in [3.8, 4) is 11.5 Å². The molecule has 3 heterocycles. The second-order valence-electron chi connectivity index (χ2n) is 6.70. The van der Waals surface area contributed by atoms with Crippen LogP contribution in [0.2, 0.25) is 0 Å². The van der Waals surface area contributed by atoms with Gasteiger partial charge in [0.25, 0.3) is 0 Å². The summed E-state index contributed by atoms with van der Waals surface area (Å²) in [7, 11) is 0. The Morgan fingerprint density at radius 2 is 2.04 bits per heavy atom. The zero-order valence-electron chi connectivity index (χ0n) is 13.9. The van der Waals surface area contributed by atoms with Gasteiger partial charge in [-0.15, -0.1) is 0 Å². The van der Waals surface area contributed by atoms with E-state index in [1.807, 2.05) is 11.0 Å². The Kier molecular flexibility index (Phi) is 4.58. The average Bonchev–Trinajstić information content (AvgIpc) is 3.23. The quantitative estimate of drug-likeness (QED) is 0.839. The molecule has 3 aliphatic heterocycles. The summed E-state index contributed by atoms with van der Waals surface area (Å²) >= 11 is 0. The molecule has 0 bridgehead atoms. The molecular formula is C18H24N2O4. The topological polar surface area (TPSA) is 51.2 Å². The zero-order chi connectivity index (χ0) is 16.4. The van der Waals surface area contributed by atoms with Crippen LogP contribution in [-0.4, -0.2) is 61.9 Å². The minimum absolute atomic E-state index is 0.0745. The summed E-state index contributed by atoms with van der Waals surface area (Å²) in [6.45, 7) is 6.09. The van der Waals surface area contributed by atoms with Crippen molar-refractivity contribution in [1.82, 2.24) is 9.80 Å². The predicted octanol–water partition coefficient (Wildman–Crippen LogP) is 1.49. The second-order valence-corrected chi connectivity index (χ2v) is 6.70. The Bertz CT molecular complexity index is 601. The molecule has 6 nitrogen and oxygen atoms in total.